The largest absolute Gasteiger partial charge is 0.299 e. The van der Waals surface area contributed by atoms with Crippen LogP contribution in [0.4, 0.5) is 0 Å². The molecule has 0 unspecified atom stereocenters. The zero-order chi connectivity index (χ0) is 6.41. The molecule has 8 heavy (non-hydrogen) atoms. The third-order valence-corrected chi connectivity index (χ3v) is 2.95. The predicted molar refractivity (Wildman–Crippen MR) is 41.3 cm³/mol. The second-order valence-corrected chi connectivity index (χ2v) is 4.12. The van der Waals surface area contributed by atoms with Gasteiger partial charge in [0, 0.05) is 5.75 Å². The molecule has 0 aliphatic carbocycles. The van der Waals surface area contributed by atoms with Crippen LogP contribution in [-0.2, 0) is 4.79 Å². The molecule has 0 rings (SSSR count). The Morgan fingerprint density at radius 1 is 1.50 bits per heavy atom. The van der Waals surface area contributed by atoms with E-state index in [1.807, 2.05) is 0 Å². The van der Waals surface area contributed by atoms with Crippen molar-refractivity contribution in [1.82, 2.24) is 0 Å². The van der Waals surface area contributed by atoms with Crippen LogP contribution in [0.5, 0.6) is 0 Å². The molecule has 0 heterocycles. The van der Waals surface area contributed by atoms with Gasteiger partial charge in [-0.15, -0.1) is 0 Å². The van der Waals surface area contributed by atoms with E-state index in [2.05, 4.69) is 6.92 Å². The van der Waals surface area contributed by atoms with Crippen molar-refractivity contribution in [3.63, 3.8) is 0 Å². The molecule has 0 aliphatic rings. The van der Waals surface area contributed by atoms with Crippen LogP contribution < -0.4 is 0 Å². The molecule has 0 saturated carbocycles. The van der Waals surface area contributed by atoms with Crippen molar-refractivity contribution in [2.75, 3.05) is 11.5 Å². The molecule has 0 N–H and O–H groups in total. The van der Waals surface area contributed by atoms with Gasteiger partial charge in [0.1, 0.15) is 5.78 Å². The van der Waals surface area contributed by atoms with Crippen molar-refractivity contribution in [3.8, 4) is 0 Å². The first-order chi connectivity index (χ1) is 3.77. The van der Waals surface area contributed by atoms with Gasteiger partial charge < -0.3 is 0 Å². The average molecular weight is 150 g/mol. The van der Waals surface area contributed by atoms with Gasteiger partial charge in [0.2, 0.25) is 0 Å². The standard InChI is InChI=1S/C5H10OS2/c1-3-7-8-4-5(2)6/h3-4H2,1-2H3. The number of hydrogen-bond donors (Lipinski definition) is 0. The van der Waals surface area contributed by atoms with E-state index >= 15 is 0 Å². The summed E-state index contributed by atoms with van der Waals surface area (Å²) >= 11 is 0. The highest BCUT2D eigenvalue weighted by Crippen LogP contribution is 2.19. The summed E-state index contributed by atoms with van der Waals surface area (Å²) in [5.74, 6) is 1.99. The van der Waals surface area contributed by atoms with Crippen LogP contribution in [0.15, 0.2) is 0 Å². The first kappa shape index (κ1) is 8.37. The van der Waals surface area contributed by atoms with Crippen LogP contribution in [-0.4, -0.2) is 17.3 Å². The molecule has 0 aromatic rings. The molecule has 0 spiro atoms. The minimum atomic E-state index is 0.260. The van der Waals surface area contributed by atoms with Crippen LogP contribution in [0.1, 0.15) is 13.8 Å². The fourth-order valence-electron chi connectivity index (χ4n) is 0.208. The van der Waals surface area contributed by atoms with Gasteiger partial charge in [-0.1, -0.05) is 28.5 Å². The number of carbonyl (C=O) groups is 1. The average Bonchev–Trinajstić information content (AvgIpc) is 1.66. The Morgan fingerprint density at radius 3 is 2.50 bits per heavy atom. The third-order valence-electron chi connectivity index (χ3n) is 0.463. The second-order valence-electron chi connectivity index (χ2n) is 1.37. The van der Waals surface area contributed by atoms with Crippen LogP contribution in [0.25, 0.3) is 0 Å². The summed E-state index contributed by atoms with van der Waals surface area (Å²) in [4.78, 5) is 10.3. The van der Waals surface area contributed by atoms with Crippen molar-refractivity contribution >= 4 is 27.4 Å². The molecule has 0 bridgehead atoms. The zero-order valence-electron chi connectivity index (χ0n) is 5.14. The molecule has 0 fully saturated rings. The Balaban J connectivity index is 2.82. The van der Waals surface area contributed by atoms with Crippen LogP contribution >= 0.6 is 21.6 Å². The second kappa shape index (κ2) is 5.51. The van der Waals surface area contributed by atoms with Crippen LogP contribution in [0.3, 0.4) is 0 Å². The molecule has 0 atom stereocenters. The number of Topliss-reactive ketones (excluding diaryl/α,β-unsaturated/α-hetero) is 1. The van der Waals surface area contributed by atoms with Crippen molar-refractivity contribution < 1.29 is 4.79 Å². The molecule has 0 saturated heterocycles. The van der Waals surface area contributed by atoms with Gasteiger partial charge in [-0.25, -0.2) is 0 Å². The molecular weight excluding hydrogens is 140 g/mol. The van der Waals surface area contributed by atoms with E-state index in [1.54, 1.807) is 28.5 Å². The highest BCUT2D eigenvalue weighted by molar-refractivity contribution is 8.76. The lowest BCUT2D eigenvalue weighted by Gasteiger charge is -1.90. The molecule has 0 aliphatic heterocycles. The first-order valence-corrected chi connectivity index (χ1v) is 5.00. The molecule has 0 radical (unpaired) electrons. The normalized spacial score (nSPS) is 9.25. The summed E-state index contributed by atoms with van der Waals surface area (Å²) in [6.45, 7) is 3.70. The van der Waals surface area contributed by atoms with Gasteiger partial charge in [-0.05, 0) is 6.92 Å². The predicted octanol–water partition coefficient (Wildman–Crippen LogP) is 1.98. The van der Waals surface area contributed by atoms with E-state index in [4.69, 9.17) is 0 Å². The van der Waals surface area contributed by atoms with Crippen LogP contribution in [0, 0.1) is 0 Å². The van der Waals surface area contributed by atoms with Crippen molar-refractivity contribution in [2.45, 2.75) is 13.8 Å². The molecule has 0 amide bonds. The maximum Gasteiger partial charge on any atom is 0.140 e. The minimum Gasteiger partial charge on any atom is -0.299 e. The van der Waals surface area contributed by atoms with Crippen molar-refractivity contribution in [1.29, 1.82) is 0 Å². The SMILES string of the molecule is CCSSCC(C)=O. The van der Waals surface area contributed by atoms with Gasteiger partial charge in [-0.2, -0.15) is 0 Å². The summed E-state index contributed by atoms with van der Waals surface area (Å²) in [7, 11) is 3.36. The molecular formula is C5H10OS2. The Labute approximate surface area is 58.0 Å². The monoisotopic (exact) mass is 150 g/mol. The van der Waals surface area contributed by atoms with E-state index in [-0.39, 0.29) is 5.78 Å². The van der Waals surface area contributed by atoms with E-state index in [1.165, 1.54) is 0 Å². The summed E-state index contributed by atoms with van der Waals surface area (Å²) in [6.07, 6.45) is 0. The lowest BCUT2D eigenvalue weighted by Crippen LogP contribution is -1.90. The quantitative estimate of drug-likeness (QED) is 0.450. The molecule has 3 heteroatoms. The van der Waals surface area contributed by atoms with E-state index in [0.29, 0.717) is 5.75 Å². The van der Waals surface area contributed by atoms with Gasteiger partial charge in [0.25, 0.3) is 0 Å². The molecule has 48 valence electrons. The third kappa shape index (κ3) is 6.37. The molecule has 0 aromatic heterocycles. The van der Waals surface area contributed by atoms with Gasteiger partial charge in [0.15, 0.2) is 0 Å². The Kier molecular flexibility index (Phi) is 5.76. The van der Waals surface area contributed by atoms with Crippen molar-refractivity contribution in [3.05, 3.63) is 0 Å². The summed E-state index contributed by atoms with van der Waals surface area (Å²) in [5, 5.41) is 0. The maximum absolute atomic E-state index is 10.3. The topological polar surface area (TPSA) is 17.1 Å². The van der Waals surface area contributed by atoms with E-state index in [9.17, 15) is 4.79 Å². The Hall–Kier alpha value is 0.370. The Bertz CT molecular complexity index is 72.8. The van der Waals surface area contributed by atoms with E-state index < -0.39 is 0 Å². The van der Waals surface area contributed by atoms with Crippen LogP contribution in [0.2, 0.25) is 0 Å². The zero-order valence-corrected chi connectivity index (χ0v) is 6.77. The first-order valence-electron chi connectivity index (χ1n) is 2.51. The number of ketones is 1. The molecule has 1 nitrogen and oxygen atoms in total. The lowest BCUT2D eigenvalue weighted by molar-refractivity contribution is -0.114. The van der Waals surface area contributed by atoms with Crippen molar-refractivity contribution in [2.24, 2.45) is 0 Å². The highest BCUT2D eigenvalue weighted by atomic mass is 33.1. The van der Waals surface area contributed by atoms with Gasteiger partial charge >= 0.3 is 0 Å². The van der Waals surface area contributed by atoms with Gasteiger partial charge in [-0.3, -0.25) is 4.79 Å². The number of carbonyl (C=O) groups excluding carboxylic acids is 1. The van der Waals surface area contributed by atoms with E-state index in [0.717, 1.165) is 5.75 Å². The lowest BCUT2D eigenvalue weighted by atomic mass is 10.5. The summed E-state index contributed by atoms with van der Waals surface area (Å²) in [5.41, 5.74) is 0. The fraction of sp³-hybridized carbons (Fsp3) is 0.800. The summed E-state index contributed by atoms with van der Waals surface area (Å²) in [6, 6.07) is 0. The minimum absolute atomic E-state index is 0.260. The maximum atomic E-state index is 10.3. The number of rotatable bonds is 4. The Morgan fingerprint density at radius 2 is 2.12 bits per heavy atom. The number of hydrogen-bond acceptors (Lipinski definition) is 3. The molecule has 0 aromatic carbocycles. The highest BCUT2D eigenvalue weighted by Gasteiger charge is 1.90. The van der Waals surface area contributed by atoms with Gasteiger partial charge in [0.05, 0.1) is 5.75 Å². The smallest absolute Gasteiger partial charge is 0.140 e. The summed E-state index contributed by atoms with van der Waals surface area (Å²) < 4.78 is 0. The fourth-order valence-corrected chi connectivity index (χ4v) is 1.87.